The number of ether oxygens (including phenoxy) is 1. The van der Waals surface area contributed by atoms with Crippen LogP contribution >= 0.6 is 0 Å². The molecule has 3 aliphatic rings. The number of fused-ring (bicyclic) bond motifs is 2. The lowest BCUT2D eigenvalue weighted by molar-refractivity contribution is -0.121. The van der Waals surface area contributed by atoms with Crippen LogP contribution in [0.4, 0.5) is 23.2 Å². The number of allylic oxidation sites excluding steroid dienone is 1. The average Bonchev–Trinajstić information content (AvgIpc) is 3.65. The van der Waals surface area contributed by atoms with Crippen LogP contribution in [0, 0.1) is 23.6 Å². The molecule has 7 nitrogen and oxygen atoms in total. The first kappa shape index (κ1) is 29.9. The zero-order chi connectivity index (χ0) is 31.4. The Morgan fingerprint density at radius 1 is 0.955 bits per heavy atom. The van der Waals surface area contributed by atoms with E-state index in [1.165, 1.54) is 24.8 Å². The smallest absolute Gasteiger partial charge is 0.496 e. The largest absolute Gasteiger partial charge is 0.501 e. The maximum atomic E-state index is 15.1. The van der Waals surface area contributed by atoms with E-state index in [0.29, 0.717) is 17.9 Å². The van der Waals surface area contributed by atoms with Crippen LogP contribution in [0.3, 0.4) is 0 Å². The third kappa shape index (κ3) is 5.47. The van der Waals surface area contributed by atoms with E-state index in [9.17, 15) is 31.2 Å². The lowest BCUT2D eigenvalue weighted by Gasteiger charge is -2.28. The Morgan fingerprint density at radius 2 is 1.66 bits per heavy atom. The summed E-state index contributed by atoms with van der Waals surface area (Å²) in [7, 11) is -4.30. The molecule has 2 fully saturated rings. The first-order valence-corrected chi connectivity index (χ1v) is 15.5. The molecular formula is C32H28F4N2O5S. The molecule has 0 radical (unpaired) electrons. The normalized spacial score (nSPS) is 22.6. The van der Waals surface area contributed by atoms with Crippen molar-refractivity contribution in [2.45, 2.75) is 41.6 Å². The van der Waals surface area contributed by atoms with Crippen LogP contribution in [-0.2, 0) is 14.6 Å². The van der Waals surface area contributed by atoms with Gasteiger partial charge >= 0.3 is 5.51 Å². The second-order valence-corrected chi connectivity index (χ2v) is 13.3. The summed E-state index contributed by atoms with van der Waals surface area (Å²) in [6.45, 7) is 0. The van der Waals surface area contributed by atoms with Crippen molar-refractivity contribution < 1.29 is 40.3 Å². The van der Waals surface area contributed by atoms with Gasteiger partial charge < -0.3 is 15.4 Å². The van der Waals surface area contributed by atoms with Gasteiger partial charge in [-0.2, -0.15) is 13.2 Å². The molecule has 44 heavy (non-hydrogen) atoms. The first-order valence-electron chi connectivity index (χ1n) is 14.1. The van der Waals surface area contributed by atoms with Crippen molar-refractivity contribution in [2.75, 3.05) is 12.4 Å². The third-order valence-electron chi connectivity index (χ3n) is 8.58. The lowest BCUT2D eigenvalue weighted by atomic mass is 9.87. The summed E-state index contributed by atoms with van der Waals surface area (Å²) in [6.07, 6.45) is 6.56. The average molecular weight is 629 g/mol. The molecule has 0 heterocycles. The predicted octanol–water partition coefficient (Wildman–Crippen LogP) is 6.23. The molecular weight excluding hydrogens is 600 g/mol. The van der Waals surface area contributed by atoms with E-state index in [-0.39, 0.29) is 34.4 Å². The Morgan fingerprint density at radius 3 is 2.32 bits per heavy atom. The second kappa shape index (κ2) is 11.1. The van der Waals surface area contributed by atoms with Crippen molar-refractivity contribution in [1.82, 2.24) is 5.32 Å². The maximum Gasteiger partial charge on any atom is 0.501 e. The van der Waals surface area contributed by atoms with Crippen molar-refractivity contribution in [1.29, 1.82) is 0 Å². The van der Waals surface area contributed by atoms with Gasteiger partial charge in [0.25, 0.3) is 15.7 Å². The number of sulfone groups is 1. The molecule has 2 saturated carbocycles. The van der Waals surface area contributed by atoms with E-state index in [0.717, 1.165) is 37.1 Å². The molecule has 3 aromatic carbocycles. The number of anilines is 1. The summed E-state index contributed by atoms with van der Waals surface area (Å²) in [5.74, 6) is -2.44. The van der Waals surface area contributed by atoms with Gasteiger partial charge in [0.05, 0.1) is 23.5 Å². The van der Waals surface area contributed by atoms with Crippen molar-refractivity contribution in [3.63, 3.8) is 0 Å². The molecule has 2 N–H and O–H groups in total. The Kier molecular flexibility index (Phi) is 7.51. The molecule has 0 aromatic heterocycles. The van der Waals surface area contributed by atoms with Gasteiger partial charge in [-0.05, 0) is 72.4 Å². The number of hydrogen-bond acceptors (Lipinski definition) is 5. The van der Waals surface area contributed by atoms with Crippen LogP contribution in [0.15, 0.2) is 77.7 Å². The van der Waals surface area contributed by atoms with E-state index < -0.39 is 49.8 Å². The van der Waals surface area contributed by atoms with Crippen molar-refractivity contribution in [3.05, 3.63) is 89.8 Å². The monoisotopic (exact) mass is 628 g/mol. The molecule has 2 amide bonds. The zero-order valence-electron chi connectivity index (χ0n) is 23.4. The quantitative estimate of drug-likeness (QED) is 0.228. The van der Waals surface area contributed by atoms with Crippen molar-refractivity contribution in [3.8, 4) is 16.9 Å². The second-order valence-electron chi connectivity index (χ2n) is 11.4. The maximum absolute atomic E-state index is 15.1. The Bertz CT molecular complexity index is 1770. The third-order valence-corrected chi connectivity index (χ3v) is 10.1. The molecule has 0 spiro atoms. The highest BCUT2D eigenvalue weighted by Crippen LogP contribution is 2.45. The lowest BCUT2D eigenvalue weighted by Crippen LogP contribution is -2.47. The highest BCUT2D eigenvalue weighted by molar-refractivity contribution is 7.92. The Labute approximate surface area is 251 Å². The topological polar surface area (TPSA) is 102 Å². The van der Waals surface area contributed by atoms with E-state index in [2.05, 4.69) is 10.6 Å². The number of carbonyl (C=O) groups excluding carboxylic acids is 2. The van der Waals surface area contributed by atoms with Crippen LogP contribution in [0.5, 0.6) is 5.75 Å². The van der Waals surface area contributed by atoms with Gasteiger partial charge in [0.2, 0.25) is 5.91 Å². The van der Waals surface area contributed by atoms with Crippen LogP contribution in [0.25, 0.3) is 11.1 Å². The number of amides is 2. The minimum absolute atomic E-state index is 0.0146. The fraction of sp³-hybridized carbons (Fsp3) is 0.312. The van der Waals surface area contributed by atoms with Gasteiger partial charge in [-0.3, -0.25) is 9.59 Å². The molecule has 12 heteroatoms. The molecule has 3 aliphatic carbocycles. The van der Waals surface area contributed by atoms with Crippen molar-refractivity contribution >= 4 is 27.3 Å². The SMILES string of the molecule is COc1cc(F)c(-c2ccc(C3CC3)cc2)cc1C(=O)N[C@H]1[C@@H](C(=O)Nc2cccc(S(=O)(=O)C(F)(F)F)c2)[C@@H]2C=C[C@H]1C2. The van der Waals surface area contributed by atoms with Gasteiger partial charge in [0.1, 0.15) is 11.6 Å². The highest BCUT2D eigenvalue weighted by atomic mass is 32.2. The van der Waals surface area contributed by atoms with Crippen LogP contribution < -0.4 is 15.4 Å². The van der Waals surface area contributed by atoms with E-state index >= 15 is 4.39 Å². The van der Waals surface area contributed by atoms with Crippen molar-refractivity contribution in [2.24, 2.45) is 17.8 Å². The summed E-state index contributed by atoms with van der Waals surface area (Å²) in [6, 6.07) is 13.4. The minimum Gasteiger partial charge on any atom is -0.496 e. The zero-order valence-corrected chi connectivity index (χ0v) is 24.2. The number of hydrogen-bond donors (Lipinski definition) is 2. The van der Waals surface area contributed by atoms with Crippen LogP contribution in [-0.4, -0.2) is 38.9 Å². The number of methoxy groups -OCH3 is 1. The number of rotatable bonds is 8. The van der Waals surface area contributed by atoms with Gasteiger partial charge in [0, 0.05) is 23.4 Å². The summed E-state index contributed by atoms with van der Waals surface area (Å²) in [4.78, 5) is 26.1. The van der Waals surface area contributed by atoms with E-state index in [4.69, 9.17) is 4.74 Å². The number of halogens is 4. The highest BCUT2D eigenvalue weighted by Gasteiger charge is 2.49. The Balaban J connectivity index is 1.24. The number of nitrogens with one attached hydrogen (secondary N) is 2. The van der Waals surface area contributed by atoms with Gasteiger partial charge in [-0.25, -0.2) is 12.8 Å². The summed E-state index contributed by atoms with van der Waals surface area (Å²) >= 11 is 0. The molecule has 0 saturated heterocycles. The molecule has 6 rings (SSSR count). The fourth-order valence-electron chi connectivity index (χ4n) is 6.18. The van der Waals surface area contributed by atoms with Gasteiger partial charge in [-0.1, -0.05) is 42.5 Å². The summed E-state index contributed by atoms with van der Waals surface area (Å²) in [5, 5.41) is 5.43. The van der Waals surface area contributed by atoms with Gasteiger partial charge in [0.15, 0.2) is 0 Å². The van der Waals surface area contributed by atoms with Crippen LogP contribution in [0.2, 0.25) is 0 Å². The first-order chi connectivity index (χ1) is 20.9. The molecule has 3 aromatic rings. The Hall–Kier alpha value is -4.19. The molecule has 0 unspecified atom stereocenters. The van der Waals surface area contributed by atoms with Crippen LogP contribution in [0.1, 0.15) is 41.1 Å². The fourth-order valence-corrected chi connectivity index (χ4v) is 6.99. The molecule has 4 atom stereocenters. The van der Waals surface area contributed by atoms with Gasteiger partial charge in [-0.15, -0.1) is 0 Å². The summed E-state index contributed by atoms with van der Waals surface area (Å²) < 4.78 is 83.4. The molecule has 230 valence electrons. The number of benzene rings is 3. The number of carbonyl (C=O) groups is 2. The number of alkyl halides is 3. The predicted molar refractivity (Wildman–Crippen MR) is 154 cm³/mol. The summed E-state index contributed by atoms with van der Waals surface area (Å²) in [5.41, 5.74) is -3.56. The van der Waals surface area contributed by atoms with E-state index in [1.54, 1.807) is 0 Å². The molecule has 2 bridgehead atoms. The molecule has 0 aliphatic heterocycles. The standard InChI is InChI=1S/C32H28F4N2O5S/c1-43-27-16-26(33)24(19-9-7-18(8-10-19)17-5-6-17)15-25(27)30(39)38-29-21-12-11-20(13-21)28(29)31(40)37-22-3-2-4-23(14-22)44(41,42)32(34,35)36/h2-4,7-12,14-17,20-21,28-29H,5-6,13H2,1H3,(H,37,40)(H,38,39)/t20-,21+,28+,29-/m1/s1. The minimum atomic E-state index is -5.61. The van der Waals surface area contributed by atoms with E-state index in [1.807, 2.05) is 36.4 Å².